The van der Waals surface area contributed by atoms with E-state index in [0.717, 1.165) is 58.6 Å². The van der Waals surface area contributed by atoms with Gasteiger partial charge in [-0.25, -0.2) is 0 Å². The third-order valence-corrected chi connectivity index (χ3v) is 5.25. The van der Waals surface area contributed by atoms with Crippen molar-refractivity contribution in [3.8, 4) is 0 Å². The van der Waals surface area contributed by atoms with Gasteiger partial charge in [0.05, 0.1) is 19.6 Å². The predicted octanol–water partition coefficient (Wildman–Crippen LogP) is 2.30. The summed E-state index contributed by atoms with van der Waals surface area (Å²) in [6, 6.07) is 10.9. The molecule has 0 spiro atoms. The molecule has 2 aliphatic rings. The number of carbonyl (C=O) groups excluding carboxylic acids is 1. The van der Waals surface area contributed by atoms with Crippen molar-refractivity contribution in [2.75, 3.05) is 39.9 Å². The van der Waals surface area contributed by atoms with Crippen LogP contribution in [0.4, 0.5) is 0 Å². The number of likely N-dealkylation sites (tertiary alicyclic amines) is 1. The summed E-state index contributed by atoms with van der Waals surface area (Å²) < 4.78 is 11.0. The molecule has 2 fully saturated rings. The van der Waals surface area contributed by atoms with Crippen molar-refractivity contribution in [3.05, 3.63) is 35.9 Å². The highest BCUT2D eigenvalue weighted by Gasteiger charge is 2.30. The molecule has 0 aliphatic carbocycles. The van der Waals surface area contributed by atoms with E-state index in [9.17, 15) is 4.79 Å². The Morgan fingerprint density at radius 3 is 2.88 bits per heavy atom. The van der Waals surface area contributed by atoms with E-state index >= 15 is 0 Å². The maximum Gasteiger partial charge on any atom is 0.307 e. The Bertz CT molecular complexity index is 537. The van der Waals surface area contributed by atoms with Gasteiger partial charge in [-0.2, -0.15) is 0 Å². The van der Waals surface area contributed by atoms with Gasteiger partial charge in [0.2, 0.25) is 0 Å². The molecule has 0 bridgehead atoms. The van der Waals surface area contributed by atoms with E-state index in [4.69, 9.17) is 9.47 Å². The molecule has 0 radical (unpaired) electrons. The Morgan fingerprint density at radius 2 is 2.08 bits per heavy atom. The number of benzene rings is 1. The first-order valence-electron chi connectivity index (χ1n) is 9.43. The molecule has 2 saturated heterocycles. The predicted molar refractivity (Wildman–Crippen MR) is 97.3 cm³/mol. The Labute approximate surface area is 150 Å². The molecule has 1 aromatic carbocycles. The van der Waals surface area contributed by atoms with Crippen LogP contribution >= 0.6 is 0 Å². The summed E-state index contributed by atoms with van der Waals surface area (Å²) in [5, 5.41) is 0. The third-order valence-electron chi connectivity index (χ3n) is 5.25. The van der Waals surface area contributed by atoms with Crippen LogP contribution in [0.25, 0.3) is 0 Å². The number of nitrogens with zero attached hydrogens (tertiary/aromatic N) is 2. The van der Waals surface area contributed by atoms with Crippen LogP contribution in [0.15, 0.2) is 30.3 Å². The number of hydrogen-bond donors (Lipinski definition) is 0. The highest BCUT2D eigenvalue weighted by Crippen LogP contribution is 2.22. The van der Waals surface area contributed by atoms with E-state index < -0.39 is 0 Å². The Hall–Kier alpha value is -1.43. The lowest BCUT2D eigenvalue weighted by Gasteiger charge is -2.30. The van der Waals surface area contributed by atoms with Gasteiger partial charge >= 0.3 is 5.97 Å². The van der Waals surface area contributed by atoms with E-state index in [1.165, 1.54) is 12.7 Å². The zero-order chi connectivity index (χ0) is 17.5. The maximum absolute atomic E-state index is 11.6. The van der Waals surface area contributed by atoms with Gasteiger partial charge in [-0.1, -0.05) is 30.3 Å². The van der Waals surface area contributed by atoms with Gasteiger partial charge in [0.25, 0.3) is 0 Å². The molecule has 1 aromatic rings. The summed E-state index contributed by atoms with van der Waals surface area (Å²) in [5.74, 6) is -0.107. The second-order valence-corrected chi connectivity index (χ2v) is 7.14. The van der Waals surface area contributed by atoms with E-state index in [1.807, 2.05) is 0 Å². The molecule has 0 N–H and O–H groups in total. The van der Waals surface area contributed by atoms with Gasteiger partial charge < -0.3 is 9.47 Å². The van der Waals surface area contributed by atoms with Crippen LogP contribution in [0.1, 0.15) is 31.2 Å². The van der Waals surface area contributed by atoms with Crippen molar-refractivity contribution < 1.29 is 14.3 Å². The van der Waals surface area contributed by atoms with E-state index in [1.54, 1.807) is 0 Å². The molecule has 2 heterocycles. The van der Waals surface area contributed by atoms with Crippen molar-refractivity contribution >= 4 is 5.97 Å². The minimum Gasteiger partial charge on any atom is -0.469 e. The van der Waals surface area contributed by atoms with Crippen molar-refractivity contribution in [2.24, 2.45) is 0 Å². The van der Waals surface area contributed by atoms with Crippen LogP contribution in [0, 0.1) is 0 Å². The second-order valence-electron chi connectivity index (χ2n) is 7.14. The molecule has 5 nitrogen and oxygen atoms in total. The maximum atomic E-state index is 11.6. The van der Waals surface area contributed by atoms with Crippen molar-refractivity contribution in [1.29, 1.82) is 0 Å². The van der Waals surface area contributed by atoms with Gasteiger partial charge in [0.15, 0.2) is 0 Å². The molecular weight excluding hydrogens is 316 g/mol. The molecule has 138 valence electrons. The normalized spacial score (nSPS) is 25.6. The number of carbonyl (C=O) groups is 1. The van der Waals surface area contributed by atoms with E-state index in [2.05, 4.69) is 40.1 Å². The standard InChI is InChI=1S/C20H30N2O3/c1-24-20(23)13-18-9-5-11-22(18)16-19-15-21(10-6-12-25-19)14-17-7-3-2-4-8-17/h2-4,7-8,18-19H,5-6,9-16H2,1H3/t18-,19+/m1/s1. The Balaban J connectivity index is 1.54. The SMILES string of the molecule is COC(=O)C[C@H]1CCCN1C[C@@H]1CN(Cc2ccccc2)CCCO1. The first kappa shape index (κ1) is 18.4. The lowest BCUT2D eigenvalue weighted by molar-refractivity contribution is -0.142. The fourth-order valence-electron chi connectivity index (χ4n) is 3.97. The number of methoxy groups -OCH3 is 1. The summed E-state index contributed by atoms with van der Waals surface area (Å²) in [7, 11) is 1.47. The minimum absolute atomic E-state index is 0.107. The van der Waals surface area contributed by atoms with E-state index in [0.29, 0.717) is 12.5 Å². The monoisotopic (exact) mass is 346 g/mol. The zero-order valence-electron chi connectivity index (χ0n) is 15.2. The smallest absolute Gasteiger partial charge is 0.307 e. The van der Waals surface area contributed by atoms with Crippen LogP contribution < -0.4 is 0 Å². The molecule has 3 rings (SSSR count). The lowest BCUT2D eigenvalue weighted by atomic mass is 10.1. The fraction of sp³-hybridized carbons (Fsp3) is 0.650. The summed E-state index contributed by atoms with van der Waals surface area (Å²) in [6.07, 6.45) is 4.02. The molecule has 0 aromatic heterocycles. The Morgan fingerprint density at radius 1 is 1.24 bits per heavy atom. The molecule has 0 saturated carbocycles. The third kappa shape index (κ3) is 5.53. The highest BCUT2D eigenvalue weighted by molar-refractivity contribution is 5.69. The number of esters is 1. The molecule has 0 amide bonds. The summed E-state index contributed by atoms with van der Waals surface area (Å²) in [5.41, 5.74) is 1.35. The van der Waals surface area contributed by atoms with Crippen molar-refractivity contribution in [1.82, 2.24) is 9.80 Å². The van der Waals surface area contributed by atoms with Crippen LogP contribution in [-0.4, -0.2) is 67.8 Å². The summed E-state index contributed by atoms with van der Waals surface area (Å²) >= 11 is 0. The van der Waals surface area contributed by atoms with Crippen molar-refractivity contribution in [3.63, 3.8) is 0 Å². The molecule has 5 heteroatoms. The topological polar surface area (TPSA) is 42.0 Å². The highest BCUT2D eigenvalue weighted by atomic mass is 16.5. The average Bonchev–Trinajstić information content (AvgIpc) is 2.93. The molecule has 2 atom stereocenters. The zero-order valence-corrected chi connectivity index (χ0v) is 15.2. The first-order valence-corrected chi connectivity index (χ1v) is 9.43. The Kier molecular flexibility index (Phi) is 6.84. The number of rotatable bonds is 6. The molecule has 25 heavy (non-hydrogen) atoms. The minimum atomic E-state index is -0.107. The largest absolute Gasteiger partial charge is 0.469 e. The summed E-state index contributed by atoms with van der Waals surface area (Å²) in [6.45, 7) is 5.80. The molecular formula is C20H30N2O3. The average molecular weight is 346 g/mol. The lowest BCUT2D eigenvalue weighted by Crippen LogP contribution is -2.42. The van der Waals surface area contributed by atoms with Crippen molar-refractivity contribution in [2.45, 2.75) is 44.4 Å². The van der Waals surface area contributed by atoms with Crippen LogP contribution in [-0.2, 0) is 20.8 Å². The van der Waals surface area contributed by atoms with Gasteiger partial charge in [-0.3, -0.25) is 14.6 Å². The fourth-order valence-corrected chi connectivity index (χ4v) is 3.97. The number of ether oxygens (including phenoxy) is 2. The van der Waals surface area contributed by atoms with Gasteiger partial charge in [0, 0.05) is 38.8 Å². The molecule has 2 aliphatic heterocycles. The van der Waals surface area contributed by atoms with Crippen LogP contribution in [0.2, 0.25) is 0 Å². The number of hydrogen-bond acceptors (Lipinski definition) is 5. The van der Waals surface area contributed by atoms with Crippen LogP contribution in [0.3, 0.4) is 0 Å². The van der Waals surface area contributed by atoms with Gasteiger partial charge in [-0.15, -0.1) is 0 Å². The van der Waals surface area contributed by atoms with Crippen LogP contribution in [0.5, 0.6) is 0 Å². The second kappa shape index (κ2) is 9.32. The quantitative estimate of drug-likeness (QED) is 0.740. The van der Waals surface area contributed by atoms with E-state index in [-0.39, 0.29) is 12.1 Å². The first-order chi connectivity index (χ1) is 12.2. The van der Waals surface area contributed by atoms with Gasteiger partial charge in [0.1, 0.15) is 0 Å². The summed E-state index contributed by atoms with van der Waals surface area (Å²) in [4.78, 5) is 16.6. The van der Waals surface area contributed by atoms with Gasteiger partial charge in [-0.05, 0) is 31.4 Å². The molecule has 0 unspecified atom stereocenters.